The molecule has 1 aliphatic heterocycles. The summed E-state index contributed by atoms with van der Waals surface area (Å²) in [5.74, 6) is 0.592. The van der Waals surface area contributed by atoms with Crippen molar-refractivity contribution in [3.63, 3.8) is 0 Å². The third-order valence-electron chi connectivity index (χ3n) is 4.26. The lowest BCUT2D eigenvalue weighted by molar-refractivity contribution is 0.340. The summed E-state index contributed by atoms with van der Waals surface area (Å²) in [5, 5.41) is 0. The molecule has 0 saturated carbocycles. The first kappa shape index (κ1) is 19.5. The zero-order valence-electron chi connectivity index (χ0n) is 15.2. The highest BCUT2D eigenvalue weighted by atomic mass is 32.2. The molecule has 3 rings (SSSR count). The minimum absolute atomic E-state index is 0.101. The fourth-order valence-electron chi connectivity index (χ4n) is 3.04. The average molecular weight is 411 g/mol. The van der Waals surface area contributed by atoms with Crippen molar-refractivity contribution in [2.24, 2.45) is 0 Å². The third kappa shape index (κ3) is 4.36. The lowest BCUT2D eigenvalue weighted by Crippen LogP contribution is -2.34. The predicted octanol–water partition coefficient (Wildman–Crippen LogP) is 2.60. The van der Waals surface area contributed by atoms with Crippen LogP contribution in [-0.4, -0.2) is 36.2 Å². The summed E-state index contributed by atoms with van der Waals surface area (Å²) in [6.07, 6.45) is 2.64. The van der Waals surface area contributed by atoms with E-state index in [1.54, 1.807) is 30.3 Å². The van der Waals surface area contributed by atoms with Crippen LogP contribution in [0.15, 0.2) is 47.4 Å². The summed E-state index contributed by atoms with van der Waals surface area (Å²) in [6, 6.07) is 11.1. The van der Waals surface area contributed by atoms with Gasteiger partial charge in [-0.3, -0.25) is 9.03 Å². The van der Waals surface area contributed by atoms with Crippen LogP contribution in [-0.2, 0) is 26.5 Å². The second kappa shape index (κ2) is 7.40. The summed E-state index contributed by atoms with van der Waals surface area (Å²) < 4.78 is 58.5. The lowest BCUT2D eigenvalue weighted by Gasteiger charge is -2.29. The van der Waals surface area contributed by atoms with Crippen molar-refractivity contribution in [2.75, 3.05) is 28.4 Å². The molecule has 0 fully saturated rings. The van der Waals surface area contributed by atoms with E-state index in [0.717, 1.165) is 24.7 Å². The van der Waals surface area contributed by atoms with Crippen LogP contribution in [0.2, 0.25) is 0 Å². The van der Waals surface area contributed by atoms with Crippen molar-refractivity contribution in [3.05, 3.63) is 48.0 Å². The van der Waals surface area contributed by atoms with Crippen molar-refractivity contribution < 1.29 is 21.6 Å². The first-order valence-corrected chi connectivity index (χ1v) is 11.9. The second-order valence-electron chi connectivity index (χ2n) is 6.29. The van der Waals surface area contributed by atoms with E-state index in [2.05, 4.69) is 4.72 Å². The van der Waals surface area contributed by atoms with Crippen molar-refractivity contribution >= 4 is 31.4 Å². The number of sulfonamides is 2. The normalized spacial score (nSPS) is 14.5. The van der Waals surface area contributed by atoms with Crippen molar-refractivity contribution in [1.29, 1.82) is 0 Å². The Balaban J connectivity index is 1.89. The molecule has 0 bridgehead atoms. The van der Waals surface area contributed by atoms with Crippen LogP contribution < -0.4 is 13.8 Å². The number of fused-ring (bicyclic) bond motifs is 1. The Labute approximate surface area is 160 Å². The monoisotopic (exact) mass is 410 g/mol. The van der Waals surface area contributed by atoms with Crippen LogP contribution in [0.4, 0.5) is 11.4 Å². The molecule has 1 heterocycles. The molecule has 146 valence electrons. The van der Waals surface area contributed by atoms with Gasteiger partial charge in [0, 0.05) is 6.54 Å². The predicted molar refractivity (Wildman–Crippen MR) is 105 cm³/mol. The standard InChI is InChI=1S/C18H22N2O5S2/c1-3-25-16-8-10-17(11-9-16)27(23,24)19-15-7-6-14-5-4-12-20(18(14)13-15)26(2,21)22/h6-11,13,19H,3-5,12H2,1-2H3. The minimum Gasteiger partial charge on any atom is -0.494 e. The maximum absolute atomic E-state index is 12.6. The summed E-state index contributed by atoms with van der Waals surface area (Å²) in [4.78, 5) is 0.101. The molecule has 27 heavy (non-hydrogen) atoms. The molecule has 0 aliphatic carbocycles. The van der Waals surface area contributed by atoms with E-state index in [4.69, 9.17) is 4.74 Å². The Kier molecular flexibility index (Phi) is 5.34. The zero-order chi connectivity index (χ0) is 19.7. The van der Waals surface area contributed by atoms with Gasteiger partial charge in [-0.15, -0.1) is 0 Å². The number of rotatable bonds is 6. The molecule has 0 spiro atoms. The number of nitrogens with one attached hydrogen (secondary N) is 1. The summed E-state index contributed by atoms with van der Waals surface area (Å²) in [7, 11) is -7.22. The molecule has 0 amide bonds. The number of hydrogen-bond acceptors (Lipinski definition) is 5. The van der Waals surface area contributed by atoms with Crippen molar-refractivity contribution in [3.8, 4) is 5.75 Å². The summed E-state index contributed by atoms with van der Waals surface area (Å²) in [6.45, 7) is 2.74. The summed E-state index contributed by atoms with van der Waals surface area (Å²) in [5.41, 5.74) is 1.73. The molecular formula is C18H22N2O5S2. The van der Waals surface area contributed by atoms with Gasteiger partial charge >= 0.3 is 0 Å². The van der Waals surface area contributed by atoms with Gasteiger partial charge in [-0.25, -0.2) is 16.8 Å². The van der Waals surface area contributed by atoms with Gasteiger partial charge in [0.1, 0.15) is 5.75 Å². The maximum Gasteiger partial charge on any atom is 0.261 e. The molecule has 1 aliphatic rings. The Morgan fingerprint density at radius 2 is 1.78 bits per heavy atom. The average Bonchev–Trinajstić information content (AvgIpc) is 2.61. The van der Waals surface area contributed by atoms with E-state index in [0.29, 0.717) is 30.3 Å². The Morgan fingerprint density at radius 1 is 1.07 bits per heavy atom. The van der Waals surface area contributed by atoms with Gasteiger partial charge in [0.15, 0.2) is 0 Å². The summed E-state index contributed by atoms with van der Waals surface area (Å²) >= 11 is 0. The quantitative estimate of drug-likeness (QED) is 0.790. The molecule has 2 aromatic carbocycles. The minimum atomic E-state index is -3.80. The van der Waals surface area contributed by atoms with E-state index in [1.165, 1.54) is 16.4 Å². The molecule has 0 radical (unpaired) electrons. The molecule has 0 atom stereocenters. The fraction of sp³-hybridized carbons (Fsp3) is 0.333. The van der Waals surface area contributed by atoms with Gasteiger partial charge in [-0.2, -0.15) is 0 Å². The van der Waals surface area contributed by atoms with Gasteiger partial charge in [0.05, 0.1) is 29.1 Å². The zero-order valence-corrected chi connectivity index (χ0v) is 16.8. The lowest BCUT2D eigenvalue weighted by atomic mass is 10.0. The van der Waals surface area contributed by atoms with E-state index < -0.39 is 20.0 Å². The van der Waals surface area contributed by atoms with E-state index >= 15 is 0 Å². The van der Waals surface area contributed by atoms with Crippen LogP contribution in [0.5, 0.6) is 5.75 Å². The molecule has 0 saturated heterocycles. The Bertz CT molecular complexity index is 1030. The topological polar surface area (TPSA) is 92.8 Å². The first-order chi connectivity index (χ1) is 12.7. The van der Waals surface area contributed by atoms with Gasteiger partial charge in [-0.1, -0.05) is 6.07 Å². The Morgan fingerprint density at radius 3 is 2.41 bits per heavy atom. The molecule has 2 aromatic rings. The van der Waals surface area contributed by atoms with E-state index in [-0.39, 0.29) is 4.90 Å². The molecular weight excluding hydrogens is 388 g/mol. The second-order valence-corrected chi connectivity index (χ2v) is 9.88. The largest absolute Gasteiger partial charge is 0.494 e. The van der Waals surface area contributed by atoms with Crippen LogP contribution in [0.25, 0.3) is 0 Å². The highest BCUT2D eigenvalue weighted by Crippen LogP contribution is 2.32. The van der Waals surface area contributed by atoms with Crippen LogP contribution in [0.3, 0.4) is 0 Å². The Hall–Kier alpha value is -2.26. The van der Waals surface area contributed by atoms with E-state index in [9.17, 15) is 16.8 Å². The maximum atomic E-state index is 12.6. The molecule has 0 unspecified atom stereocenters. The van der Waals surface area contributed by atoms with Gasteiger partial charge < -0.3 is 4.74 Å². The number of hydrogen-bond donors (Lipinski definition) is 1. The van der Waals surface area contributed by atoms with Gasteiger partial charge in [0.2, 0.25) is 10.0 Å². The molecule has 7 nitrogen and oxygen atoms in total. The number of ether oxygens (including phenoxy) is 1. The van der Waals surface area contributed by atoms with Crippen molar-refractivity contribution in [2.45, 2.75) is 24.7 Å². The van der Waals surface area contributed by atoms with Gasteiger partial charge in [0.25, 0.3) is 10.0 Å². The number of nitrogens with zero attached hydrogens (tertiary/aromatic N) is 1. The van der Waals surface area contributed by atoms with Gasteiger partial charge in [-0.05, 0) is 61.7 Å². The number of anilines is 2. The number of aryl methyl sites for hydroxylation is 1. The van der Waals surface area contributed by atoms with Crippen LogP contribution in [0, 0.1) is 0 Å². The van der Waals surface area contributed by atoms with E-state index in [1.807, 2.05) is 6.92 Å². The molecule has 0 aromatic heterocycles. The van der Waals surface area contributed by atoms with Crippen molar-refractivity contribution in [1.82, 2.24) is 0 Å². The highest BCUT2D eigenvalue weighted by Gasteiger charge is 2.25. The fourth-order valence-corrected chi connectivity index (χ4v) is 5.08. The molecule has 9 heteroatoms. The smallest absolute Gasteiger partial charge is 0.261 e. The SMILES string of the molecule is CCOc1ccc(S(=O)(=O)Nc2ccc3c(c2)N(S(C)(=O)=O)CCC3)cc1. The van der Waals surface area contributed by atoms with Crippen LogP contribution >= 0.6 is 0 Å². The third-order valence-corrected chi connectivity index (χ3v) is 6.84. The number of benzene rings is 2. The highest BCUT2D eigenvalue weighted by molar-refractivity contribution is 7.92. The molecule has 1 N–H and O–H groups in total. The first-order valence-electron chi connectivity index (χ1n) is 8.57. The van der Waals surface area contributed by atoms with Crippen LogP contribution in [0.1, 0.15) is 18.9 Å².